The van der Waals surface area contributed by atoms with Crippen molar-refractivity contribution in [3.63, 3.8) is 0 Å². The summed E-state index contributed by atoms with van der Waals surface area (Å²) >= 11 is 5.32. The Hall–Kier alpha value is 0.263. The van der Waals surface area contributed by atoms with Gasteiger partial charge in [-0.3, -0.25) is 4.98 Å². The molecule has 1 rings (SSSR count). The molecule has 1 aromatic rings. The standard InChI is InChI=1S/C9H11N3S2.2ClH.Zn/c1-7-4-3-5-8(11-7)6-10-12-9(13)14-2;;;/h3-6H,1-2H3,(H,12,13);2*1H;/q;;;+2/p-3. The summed E-state index contributed by atoms with van der Waals surface area (Å²) in [4.78, 5) is 4.24. The van der Waals surface area contributed by atoms with E-state index in [-0.39, 0.29) is 0 Å². The number of rotatable bonds is 2. The zero-order valence-corrected chi connectivity index (χ0v) is 15.5. The second kappa shape index (κ2) is 11.4. The molecule has 0 fully saturated rings. The molecule has 3 nitrogen and oxygen atoms in total. The molecule has 0 radical (unpaired) electrons. The molecule has 0 N–H and O–H groups in total. The number of thioether (sulfide) groups is 1. The predicted molar refractivity (Wildman–Crippen MR) is 76.6 cm³/mol. The Morgan fingerprint density at radius 2 is 2.18 bits per heavy atom. The molecule has 0 amide bonds. The fourth-order valence-electron chi connectivity index (χ4n) is 0.812. The van der Waals surface area contributed by atoms with Crippen LogP contribution in [-0.4, -0.2) is 21.8 Å². The van der Waals surface area contributed by atoms with Gasteiger partial charge in [-0.25, -0.2) is 0 Å². The average molecular weight is 361 g/mol. The number of aryl methyl sites for hydroxylation is 1. The van der Waals surface area contributed by atoms with Gasteiger partial charge >= 0.3 is 34.5 Å². The SMILES string of the molecule is CSC([S-])=NN=Cc1cccc(C)n1.[Cl][Zn][Cl]. The van der Waals surface area contributed by atoms with Crippen molar-refractivity contribution in [1.82, 2.24) is 4.98 Å². The third kappa shape index (κ3) is 9.92. The summed E-state index contributed by atoms with van der Waals surface area (Å²) in [5.41, 5.74) is 1.75. The molecule has 0 atom stereocenters. The van der Waals surface area contributed by atoms with Gasteiger partial charge in [0.15, 0.2) is 0 Å². The van der Waals surface area contributed by atoms with E-state index < -0.39 is 15.1 Å². The van der Waals surface area contributed by atoms with Crippen LogP contribution in [0, 0.1) is 6.92 Å². The first-order valence-corrected chi connectivity index (χ1v) is 13.9. The van der Waals surface area contributed by atoms with Crippen LogP contribution in [0.4, 0.5) is 0 Å². The Morgan fingerprint density at radius 3 is 2.71 bits per heavy atom. The first-order chi connectivity index (χ1) is 8.13. The number of pyridine rings is 1. The molecule has 1 heterocycles. The van der Waals surface area contributed by atoms with Crippen LogP contribution in [0.1, 0.15) is 11.4 Å². The molecule has 0 saturated heterocycles. The molecule has 0 bridgehead atoms. The topological polar surface area (TPSA) is 37.6 Å². The van der Waals surface area contributed by atoms with Gasteiger partial charge in [-0.2, -0.15) is 10.2 Å². The third-order valence-corrected chi connectivity index (χ3v) is 2.43. The van der Waals surface area contributed by atoms with Crippen LogP contribution in [0.25, 0.3) is 0 Å². The Kier molecular flexibility index (Phi) is 11.5. The Bertz CT molecular complexity index is 388. The van der Waals surface area contributed by atoms with Gasteiger partial charge in [-0.05, 0) is 29.7 Å². The van der Waals surface area contributed by atoms with Crippen molar-refractivity contribution >= 4 is 54.4 Å². The average Bonchev–Trinajstić information content (AvgIpc) is 2.30. The quantitative estimate of drug-likeness (QED) is 0.267. The first kappa shape index (κ1) is 17.3. The van der Waals surface area contributed by atoms with Crippen LogP contribution in [0.15, 0.2) is 28.4 Å². The molecule has 1 aromatic heterocycles. The van der Waals surface area contributed by atoms with E-state index in [9.17, 15) is 0 Å². The van der Waals surface area contributed by atoms with Gasteiger partial charge in [0.1, 0.15) is 0 Å². The fraction of sp³-hybridized carbons (Fsp3) is 0.222. The second-order valence-corrected chi connectivity index (χ2v) is 8.68. The molecule has 0 unspecified atom stereocenters. The van der Waals surface area contributed by atoms with Crippen LogP contribution < -0.4 is 0 Å². The summed E-state index contributed by atoms with van der Waals surface area (Å²) in [7, 11) is 9.90. The second-order valence-electron chi connectivity index (χ2n) is 2.62. The summed E-state index contributed by atoms with van der Waals surface area (Å²) in [5.74, 6) is 0. The van der Waals surface area contributed by atoms with Gasteiger partial charge in [0.25, 0.3) is 0 Å². The van der Waals surface area contributed by atoms with Crippen LogP contribution >= 0.6 is 31.1 Å². The molecular formula is C9H10Cl2N3S2Zn-. The maximum absolute atomic E-state index is 4.95. The van der Waals surface area contributed by atoms with Crippen LogP contribution in [0.5, 0.6) is 0 Å². The van der Waals surface area contributed by atoms with Crippen molar-refractivity contribution in [3.05, 3.63) is 29.6 Å². The molecule has 0 spiro atoms. The summed E-state index contributed by atoms with van der Waals surface area (Å²) in [5, 5.41) is 7.62. The zero-order chi connectivity index (χ0) is 13.1. The summed E-state index contributed by atoms with van der Waals surface area (Å²) in [6.07, 6.45) is 3.46. The number of halogens is 2. The van der Waals surface area contributed by atoms with Crippen molar-refractivity contribution in [1.29, 1.82) is 0 Å². The Balaban J connectivity index is 0.000000770. The number of hydrogen-bond donors (Lipinski definition) is 0. The van der Waals surface area contributed by atoms with E-state index in [0.717, 1.165) is 11.4 Å². The molecule has 0 saturated carbocycles. The fourth-order valence-corrected chi connectivity index (χ4v) is 0.988. The number of hydrogen-bond acceptors (Lipinski definition) is 5. The molecule has 90 valence electrons. The molecule has 17 heavy (non-hydrogen) atoms. The maximum atomic E-state index is 4.95. The van der Waals surface area contributed by atoms with Crippen molar-refractivity contribution in [2.75, 3.05) is 6.26 Å². The summed E-state index contributed by atoms with van der Waals surface area (Å²) in [6.45, 7) is 1.93. The zero-order valence-electron chi connectivity index (χ0n) is 9.43. The molecule has 0 aliphatic heterocycles. The summed E-state index contributed by atoms with van der Waals surface area (Å²) in [6, 6.07) is 5.73. The Morgan fingerprint density at radius 1 is 1.53 bits per heavy atom. The van der Waals surface area contributed by atoms with E-state index >= 15 is 0 Å². The minimum atomic E-state index is -0.931. The molecule has 8 heteroatoms. The van der Waals surface area contributed by atoms with E-state index in [1.807, 2.05) is 31.4 Å². The van der Waals surface area contributed by atoms with Gasteiger partial charge in [0, 0.05) is 5.69 Å². The van der Waals surface area contributed by atoms with Gasteiger partial charge in [0.05, 0.1) is 11.9 Å². The van der Waals surface area contributed by atoms with Crippen molar-refractivity contribution in [2.24, 2.45) is 10.2 Å². The van der Waals surface area contributed by atoms with Crippen LogP contribution in [-0.2, 0) is 27.8 Å². The number of nitrogens with zero attached hydrogens (tertiary/aromatic N) is 3. The van der Waals surface area contributed by atoms with Crippen molar-refractivity contribution < 1.29 is 15.1 Å². The van der Waals surface area contributed by atoms with E-state index in [4.69, 9.17) is 32.0 Å². The molecule has 0 aliphatic carbocycles. The van der Waals surface area contributed by atoms with E-state index in [1.54, 1.807) is 6.21 Å². The molecule has 0 aromatic carbocycles. The summed E-state index contributed by atoms with van der Waals surface area (Å²) < 4.78 is 0.522. The number of aromatic nitrogens is 1. The monoisotopic (exact) mass is 358 g/mol. The van der Waals surface area contributed by atoms with Crippen LogP contribution in [0.2, 0.25) is 0 Å². The predicted octanol–water partition coefficient (Wildman–Crippen LogP) is 3.37. The third-order valence-electron chi connectivity index (χ3n) is 1.41. The van der Waals surface area contributed by atoms with E-state index in [2.05, 4.69) is 15.2 Å². The van der Waals surface area contributed by atoms with E-state index in [0.29, 0.717) is 4.38 Å². The molecule has 0 aliphatic rings. The van der Waals surface area contributed by atoms with Crippen LogP contribution in [0.3, 0.4) is 0 Å². The van der Waals surface area contributed by atoms with Crippen molar-refractivity contribution in [2.45, 2.75) is 6.92 Å². The minimum absolute atomic E-state index is 0.522. The first-order valence-electron chi connectivity index (χ1n) is 4.51. The van der Waals surface area contributed by atoms with E-state index in [1.165, 1.54) is 11.8 Å². The Labute approximate surface area is 127 Å². The van der Waals surface area contributed by atoms with Gasteiger partial charge < -0.3 is 12.6 Å². The van der Waals surface area contributed by atoms with Gasteiger partial charge in [-0.15, -0.1) is 11.8 Å². The molecular weight excluding hydrogens is 351 g/mol. The normalized spacial score (nSPS) is 10.7. The van der Waals surface area contributed by atoms with Crippen molar-refractivity contribution in [3.8, 4) is 0 Å². The van der Waals surface area contributed by atoms with Gasteiger partial charge in [-0.1, -0.05) is 6.07 Å². The van der Waals surface area contributed by atoms with Gasteiger partial charge in [0.2, 0.25) is 0 Å².